The van der Waals surface area contributed by atoms with Crippen LogP contribution in [-0.4, -0.2) is 36.0 Å². The molecule has 4 amide bonds. The number of amides is 4. The molecule has 0 aliphatic carbocycles. The molecular weight excluding hydrogens is 108 g/mol. The largest absolute Gasteiger partial charge is 0.335 e. The van der Waals surface area contributed by atoms with E-state index in [1.165, 1.54) is 14.1 Å². The van der Waals surface area contributed by atoms with E-state index in [1.807, 2.05) is 0 Å². The lowest BCUT2D eigenvalue weighted by atomic mass is 10.5. The Kier molecular flexibility index (Phi) is 0.770. The van der Waals surface area contributed by atoms with Crippen LogP contribution in [0.2, 0.25) is 0 Å². The third kappa shape index (κ3) is 0.344. The monoisotopic (exact) mass is 114 g/mol. The predicted octanol–water partition coefficient (Wildman–Crippen LogP) is 0.104. The Bertz CT molecular complexity index is 124. The summed E-state index contributed by atoms with van der Waals surface area (Å²) in [5.74, 6) is 0. The van der Waals surface area contributed by atoms with Gasteiger partial charge in [-0.25, -0.2) is 19.4 Å². The summed E-state index contributed by atoms with van der Waals surface area (Å²) >= 11 is 0. The molecule has 0 bridgehead atoms. The summed E-state index contributed by atoms with van der Waals surface area (Å²) < 4.78 is 0. The van der Waals surface area contributed by atoms with E-state index in [9.17, 15) is 9.59 Å². The molecule has 0 aromatic heterocycles. The van der Waals surface area contributed by atoms with Gasteiger partial charge >= 0.3 is 12.1 Å². The zero-order valence-electron chi connectivity index (χ0n) is 4.71. The fraction of sp³-hybridized carbons (Fsp3) is 0.500. The smallest absolute Gasteiger partial charge is 0.248 e. The Balaban J connectivity index is 2.68. The maximum Gasteiger partial charge on any atom is 0.335 e. The fourth-order valence-corrected chi connectivity index (χ4v) is 0.569. The number of imide groups is 2. The van der Waals surface area contributed by atoms with Crippen LogP contribution >= 0.6 is 0 Å². The molecule has 0 saturated carbocycles. The number of carbonyl (C=O) groups excluding carboxylic acids is 2. The number of urea groups is 2. The highest BCUT2D eigenvalue weighted by Crippen LogP contribution is 2.08. The van der Waals surface area contributed by atoms with Crippen LogP contribution in [0.4, 0.5) is 9.59 Å². The molecule has 0 unspecified atom stereocenters. The lowest BCUT2D eigenvalue weighted by Crippen LogP contribution is -2.59. The minimum atomic E-state index is -0.241. The fourth-order valence-electron chi connectivity index (χ4n) is 0.569. The minimum Gasteiger partial charge on any atom is -0.248 e. The van der Waals surface area contributed by atoms with Crippen LogP contribution in [0.15, 0.2) is 0 Å². The van der Waals surface area contributed by atoms with Gasteiger partial charge in [0.1, 0.15) is 0 Å². The van der Waals surface area contributed by atoms with Crippen molar-refractivity contribution in [3.05, 3.63) is 0 Å². The van der Waals surface area contributed by atoms with E-state index >= 15 is 0 Å². The first kappa shape index (κ1) is 5.08. The molecule has 1 aliphatic rings. The van der Waals surface area contributed by atoms with Crippen LogP contribution in [0, 0.1) is 0 Å². The summed E-state index contributed by atoms with van der Waals surface area (Å²) in [7, 11) is 2.90. The molecule has 1 rings (SSSR count). The second-order valence-corrected chi connectivity index (χ2v) is 1.68. The van der Waals surface area contributed by atoms with Gasteiger partial charge in [-0.05, 0) is 0 Å². The molecule has 44 valence electrons. The molecule has 0 spiro atoms. The van der Waals surface area contributed by atoms with Gasteiger partial charge in [0.2, 0.25) is 0 Å². The normalized spacial score (nSPS) is 19.2. The summed E-state index contributed by atoms with van der Waals surface area (Å²) in [4.78, 5) is 22.9. The van der Waals surface area contributed by atoms with Crippen molar-refractivity contribution in [2.24, 2.45) is 0 Å². The van der Waals surface area contributed by atoms with E-state index < -0.39 is 0 Å². The van der Waals surface area contributed by atoms with E-state index in [2.05, 4.69) is 0 Å². The number of nitrogens with zero attached hydrogens (tertiary/aromatic N) is 2. The lowest BCUT2D eigenvalue weighted by Gasteiger charge is -2.32. The second kappa shape index (κ2) is 1.21. The van der Waals surface area contributed by atoms with Gasteiger partial charge in [0.15, 0.2) is 0 Å². The molecule has 0 radical (unpaired) electrons. The Morgan fingerprint density at radius 3 is 1.38 bits per heavy atom. The Morgan fingerprint density at radius 2 is 1.25 bits per heavy atom. The summed E-state index contributed by atoms with van der Waals surface area (Å²) in [6, 6.07) is -0.481. The summed E-state index contributed by atoms with van der Waals surface area (Å²) in [6.45, 7) is 0. The quantitative estimate of drug-likeness (QED) is 0.448. The van der Waals surface area contributed by atoms with Crippen LogP contribution in [-0.2, 0) is 0 Å². The van der Waals surface area contributed by atoms with Crippen molar-refractivity contribution in [3.8, 4) is 0 Å². The molecule has 4 heteroatoms. The summed E-state index contributed by atoms with van der Waals surface area (Å²) in [5.41, 5.74) is 0. The highest BCUT2D eigenvalue weighted by Gasteiger charge is 2.36. The first-order valence-corrected chi connectivity index (χ1v) is 2.20. The molecular formula is C4H6N2O2. The number of rotatable bonds is 0. The van der Waals surface area contributed by atoms with E-state index in [0.29, 0.717) is 0 Å². The summed E-state index contributed by atoms with van der Waals surface area (Å²) in [5, 5.41) is 0. The van der Waals surface area contributed by atoms with Crippen molar-refractivity contribution >= 4 is 12.1 Å². The van der Waals surface area contributed by atoms with E-state index in [-0.39, 0.29) is 12.1 Å². The van der Waals surface area contributed by atoms with Gasteiger partial charge in [0.25, 0.3) is 0 Å². The van der Waals surface area contributed by atoms with Crippen LogP contribution in [0.3, 0.4) is 0 Å². The molecule has 0 N–H and O–H groups in total. The first-order chi connectivity index (χ1) is 3.64. The molecule has 8 heavy (non-hydrogen) atoms. The molecule has 0 aromatic carbocycles. The van der Waals surface area contributed by atoms with Gasteiger partial charge in [-0.1, -0.05) is 0 Å². The van der Waals surface area contributed by atoms with Crippen molar-refractivity contribution in [1.82, 2.24) is 9.80 Å². The zero-order chi connectivity index (χ0) is 6.31. The van der Waals surface area contributed by atoms with Crippen molar-refractivity contribution in [1.29, 1.82) is 0 Å². The van der Waals surface area contributed by atoms with Gasteiger partial charge in [0, 0.05) is 14.1 Å². The van der Waals surface area contributed by atoms with Gasteiger partial charge in [-0.3, -0.25) is 0 Å². The third-order valence-electron chi connectivity index (χ3n) is 1.15. The third-order valence-corrected chi connectivity index (χ3v) is 1.15. The average molecular weight is 114 g/mol. The van der Waals surface area contributed by atoms with Crippen LogP contribution < -0.4 is 0 Å². The maximum absolute atomic E-state index is 10.4. The number of hydrogen-bond acceptors (Lipinski definition) is 2. The van der Waals surface area contributed by atoms with Gasteiger partial charge in [-0.15, -0.1) is 0 Å². The molecule has 1 saturated heterocycles. The average Bonchev–Trinajstić information content (AvgIpc) is 1.83. The van der Waals surface area contributed by atoms with Crippen LogP contribution in [0.5, 0.6) is 0 Å². The van der Waals surface area contributed by atoms with E-state index in [4.69, 9.17) is 0 Å². The topological polar surface area (TPSA) is 40.6 Å². The SMILES string of the molecule is CN1C(=O)N(C)C1=O. The lowest BCUT2D eigenvalue weighted by molar-refractivity contribution is 0.125. The minimum absolute atomic E-state index is 0.241. The van der Waals surface area contributed by atoms with Crippen molar-refractivity contribution in [2.75, 3.05) is 14.1 Å². The highest BCUT2D eigenvalue weighted by atomic mass is 16.2. The van der Waals surface area contributed by atoms with Crippen LogP contribution in [0.25, 0.3) is 0 Å². The molecule has 1 heterocycles. The first-order valence-electron chi connectivity index (χ1n) is 2.20. The number of carbonyl (C=O) groups is 2. The Hall–Kier alpha value is -1.06. The van der Waals surface area contributed by atoms with Crippen molar-refractivity contribution < 1.29 is 9.59 Å². The van der Waals surface area contributed by atoms with Gasteiger partial charge in [0.05, 0.1) is 0 Å². The second-order valence-electron chi connectivity index (χ2n) is 1.68. The van der Waals surface area contributed by atoms with Crippen molar-refractivity contribution in [3.63, 3.8) is 0 Å². The van der Waals surface area contributed by atoms with Crippen LogP contribution in [0.1, 0.15) is 0 Å². The summed E-state index contributed by atoms with van der Waals surface area (Å²) in [6.07, 6.45) is 0. The standard InChI is InChI=1S/C4H6N2O2/c1-5-3(7)6(2)4(5)8/h1-2H3. The molecule has 0 aromatic rings. The molecule has 1 fully saturated rings. The van der Waals surface area contributed by atoms with Gasteiger partial charge < -0.3 is 0 Å². The maximum atomic E-state index is 10.4. The Labute approximate surface area is 46.7 Å². The van der Waals surface area contributed by atoms with E-state index in [0.717, 1.165) is 9.80 Å². The van der Waals surface area contributed by atoms with Gasteiger partial charge in [-0.2, -0.15) is 0 Å². The number of hydrogen-bond donors (Lipinski definition) is 0. The van der Waals surface area contributed by atoms with E-state index in [1.54, 1.807) is 0 Å². The highest BCUT2D eigenvalue weighted by molar-refractivity contribution is 6.11. The predicted molar refractivity (Wildman–Crippen MR) is 26.3 cm³/mol. The Morgan fingerprint density at radius 1 is 1.00 bits per heavy atom. The molecule has 4 nitrogen and oxygen atoms in total. The van der Waals surface area contributed by atoms with Crippen molar-refractivity contribution in [2.45, 2.75) is 0 Å². The zero-order valence-corrected chi connectivity index (χ0v) is 4.71. The molecule has 0 atom stereocenters. The molecule has 1 aliphatic heterocycles.